The Hall–Kier alpha value is -0.820. The number of benzene rings is 1. The molecule has 0 amide bonds. The lowest BCUT2D eigenvalue weighted by Gasteiger charge is -2.09. The molecular formula is C12H16O. The largest absolute Gasteiger partial charge is 0.373 e. The van der Waals surface area contributed by atoms with Crippen molar-refractivity contribution in [3.05, 3.63) is 35.4 Å². The van der Waals surface area contributed by atoms with E-state index in [-0.39, 0.29) is 0 Å². The third-order valence-corrected chi connectivity index (χ3v) is 2.67. The average molecular weight is 176 g/mol. The van der Waals surface area contributed by atoms with Crippen LogP contribution >= 0.6 is 0 Å². The van der Waals surface area contributed by atoms with Crippen LogP contribution in [0.15, 0.2) is 24.3 Å². The van der Waals surface area contributed by atoms with Gasteiger partial charge in [-0.25, -0.2) is 0 Å². The van der Waals surface area contributed by atoms with Crippen molar-refractivity contribution in [1.82, 2.24) is 0 Å². The zero-order valence-corrected chi connectivity index (χ0v) is 8.29. The molecular weight excluding hydrogens is 160 g/mol. The highest BCUT2D eigenvalue weighted by Crippen LogP contribution is 2.26. The monoisotopic (exact) mass is 176 g/mol. The number of epoxide rings is 1. The van der Waals surface area contributed by atoms with Gasteiger partial charge in [0.15, 0.2) is 0 Å². The molecule has 0 N–H and O–H groups in total. The fourth-order valence-corrected chi connectivity index (χ4v) is 1.63. The van der Waals surface area contributed by atoms with Crippen molar-refractivity contribution < 1.29 is 4.74 Å². The van der Waals surface area contributed by atoms with Crippen molar-refractivity contribution >= 4 is 0 Å². The minimum atomic E-state index is 0.538. The molecule has 0 saturated carbocycles. The van der Waals surface area contributed by atoms with Gasteiger partial charge in [0.1, 0.15) is 0 Å². The topological polar surface area (TPSA) is 12.5 Å². The van der Waals surface area contributed by atoms with Crippen molar-refractivity contribution in [2.75, 3.05) is 6.61 Å². The average Bonchev–Trinajstić information content (AvgIpc) is 2.89. The number of aryl methyl sites for hydroxylation is 1. The maximum absolute atomic E-state index is 5.22. The Bertz CT molecular complexity index is 272. The van der Waals surface area contributed by atoms with E-state index in [0.29, 0.717) is 12.0 Å². The van der Waals surface area contributed by atoms with Crippen LogP contribution in [0.25, 0.3) is 0 Å². The minimum Gasteiger partial charge on any atom is -0.373 e. The Morgan fingerprint density at radius 1 is 1.38 bits per heavy atom. The second kappa shape index (κ2) is 3.51. The summed E-state index contributed by atoms with van der Waals surface area (Å²) in [4.78, 5) is 0. The van der Waals surface area contributed by atoms with Crippen LogP contribution in [-0.4, -0.2) is 12.7 Å². The van der Waals surface area contributed by atoms with Crippen LogP contribution in [0.3, 0.4) is 0 Å². The number of hydrogen-bond acceptors (Lipinski definition) is 1. The summed E-state index contributed by atoms with van der Waals surface area (Å²) in [5.74, 6) is 0.632. The standard InChI is InChI=1S/C12H16O/c1-9-3-5-11(6-4-9)10(2)7-12-8-13-12/h3-6,10,12H,7-8H2,1-2H3. The zero-order chi connectivity index (χ0) is 9.26. The van der Waals surface area contributed by atoms with Crippen LogP contribution < -0.4 is 0 Å². The summed E-state index contributed by atoms with van der Waals surface area (Å²) in [5.41, 5.74) is 2.76. The first-order valence-electron chi connectivity index (χ1n) is 4.94. The number of ether oxygens (including phenoxy) is 1. The molecule has 2 atom stereocenters. The maximum Gasteiger partial charge on any atom is 0.0815 e. The summed E-state index contributed by atoms with van der Waals surface area (Å²) < 4.78 is 5.22. The van der Waals surface area contributed by atoms with E-state index < -0.39 is 0 Å². The highest BCUT2D eigenvalue weighted by Gasteiger charge is 2.25. The normalized spacial score (nSPS) is 22.8. The van der Waals surface area contributed by atoms with Crippen LogP contribution in [0.4, 0.5) is 0 Å². The molecule has 0 bridgehead atoms. The molecule has 2 rings (SSSR count). The fourth-order valence-electron chi connectivity index (χ4n) is 1.63. The third-order valence-electron chi connectivity index (χ3n) is 2.67. The van der Waals surface area contributed by atoms with Crippen molar-refractivity contribution in [2.45, 2.75) is 32.3 Å². The van der Waals surface area contributed by atoms with Gasteiger partial charge in [-0.2, -0.15) is 0 Å². The molecule has 1 aromatic carbocycles. The van der Waals surface area contributed by atoms with E-state index in [9.17, 15) is 0 Å². The van der Waals surface area contributed by atoms with Crippen LogP contribution in [0.5, 0.6) is 0 Å². The first-order valence-corrected chi connectivity index (χ1v) is 4.94. The predicted octanol–water partition coefficient (Wildman–Crippen LogP) is 2.89. The Kier molecular flexibility index (Phi) is 2.36. The van der Waals surface area contributed by atoms with Crippen molar-refractivity contribution in [3.63, 3.8) is 0 Å². The molecule has 1 fully saturated rings. The summed E-state index contributed by atoms with van der Waals surface area (Å²) in [5, 5.41) is 0. The Balaban J connectivity index is 2.01. The molecule has 0 radical (unpaired) electrons. The molecule has 70 valence electrons. The predicted molar refractivity (Wildman–Crippen MR) is 54.0 cm³/mol. The molecule has 13 heavy (non-hydrogen) atoms. The number of hydrogen-bond donors (Lipinski definition) is 0. The van der Waals surface area contributed by atoms with Gasteiger partial charge in [0.05, 0.1) is 12.7 Å². The lowest BCUT2D eigenvalue weighted by atomic mass is 9.96. The zero-order valence-electron chi connectivity index (χ0n) is 8.29. The van der Waals surface area contributed by atoms with E-state index in [2.05, 4.69) is 38.1 Å². The molecule has 1 saturated heterocycles. The van der Waals surface area contributed by atoms with E-state index in [0.717, 1.165) is 6.61 Å². The molecule has 1 nitrogen and oxygen atoms in total. The van der Waals surface area contributed by atoms with Gasteiger partial charge in [-0.1, -0.05) is 36.8 Å². The van der Waals surface area contributed by atoms with Gasteiger partial charge in [-0.3, -0.25) is 0 Å². The molecule has 1 aliphatic rings. The molecule has 0 aliphatic carbocycles. The Morgan fingerprint density at radius 2 is 2.00 bits per heavy atom. The van der Waals surface area contributed by atoms with Crippen LogP contribution in [0.1, 0.15) is 30.4 Å². The molecule has 0 spiro atoms. The Morgan fingerprint density at radius 3 is 2.54 bits per heavy atom. The van der Waals surface area contributed by atoms with Crippen LogP contribution in [0, 0.1) is 6.92 Å². The van der Waals surface area contributed by atoms with E-state index >= 15 is 0 Å². The summed E-state index contributed by atoms with van der Waals surface area (Å²) in [6.07, 6.45) is 1.71. The van der Waals surface area contributed by atoms with E-state index in [1.165, 1.54) is 17.5 Å². The third kappa shape index (κ3) is 2.31. The maximum atomic E-state index is 5.22. The van der Waals surface area contributed by atoms with Gasteiger partial charge in [-0.05, 0) is 24.8 Å². The first kappa shape index (κ1) is 8.76. The van der Waals surface area contributed by atoms with E-state index in [1.807, 2.05) is 0 Å². The smallest absolute Gasteiger partial charge is 0.0815 e. The van der Waals surface area contributed by atoms with Crippen molar-refractivity contribution in [1.29, 1.82) is 0 Å². The van der Waals surface area contributed by atoms with Gasteiger partial charge in [0.25, 0.3) is 0 Å². The van der Waals surface area contributed by atoms with Gasteiger partial charge < -0.3 is 4.74 Å². The highest BCUT2D eigenvalue weighted by atomic mass is 16.6. The Labute approximate surface area is 79.7 Å². The second-order valence-corrected chi connectivity index (χ2v) is 4.00. The molecule has 2 unspecified atom stereocenters. The van der Waals surface area contributed by atoms with Crippen LogP contribution in [-0.2, 0) is 4.74 Å². The molecule has 1 aromatic rings. The fraction of sp³-hybridized carbons (Fsp3) is 0.500. The quantitative estimate of drug-likeness (QED) is 0.645. The molecule has 1 aliphatic heterocycles. The van der Waals surface area contributed by atoms with E-state index in [1.54, 1.807) is 0 Å². The first-order chi connectivity index (χ1) is 6.25. The molecule has 0 aromatic heterocycles. The second-order valence-electron chi connectivity index (χ2n) is 4.00. The number of rotatable bonds is 3. The van der Waals surface area contributed by atoms with Crippen molar-refractivity contribution in [2.24, 2.45) is 0 Å². The molecule has 1 heteroatoms. The van der Waals surface area contributed by atoms with Crippen molar-refractivity contribution in [3.8, 4) is 0 Å². The lowest BCUT2D eigenvalue weighted by molar-refractivity contribution is 0.385. The van der Waals surface area contributed by atoms with Gasteiger partial charge in [0.2, 0.25) is 0 Å². The SMILES string of the molecule is Cc1ccc(C(C)CC2CO2)cc1. The van der Waals surface area contributed by atoms with Crippen LogP contribution in [0.2, 0.25) is 0 Å². The van der Waals surface area contributed by atoms with E-state index in [4.69, 9.17) is 4.74 Å². The summed E-state index contributed by atoms with van der Waals surface area (Å²) in [7, 11) is 0. The summed E-state index contributed by atoms with van der Waals surface area (Å²) in [6.45, 7) is 5.36. The van der Waals surface area contributed by atoms with Gasteiger partial charge in [0, 0.05) is 0 Å². The molecule has 1 heterocycles. The van der Waals surface area contributed by atoms with Gasteiger partial charge >= 0.3 is 0 Å². The van der Waals surface area contributed by atoms with Gasteiger partial charge in [-0.15, -0.1) is 0 Å². The highest BCUT2D eigenvalue weighted by molar-refractivity contribution is 5.24. The lowest BCUT2D eigenvalue weighted by Crippen LogP contribution is -1.97. The minimum absolute atomic E-state index is 0.538. The summed E-state index contributed by atoms with van der Waals surface area (Å²) in [6, 6.07) is 8.81. The summed E-state index contributed by atoms with van der Waals surface area (Å²) >= 11 is 0.